The van der Waals surface area contributed by atoms with Crippen LogP contribution in [0, 0.1) is 0 Å². The zero-order chi connectivity index (χ0) is 11.5. The third kappa shape index (κ3) is 2.76. The second-order valence-electron chi connectivity index (χ2n) is 3.71. The Balaban J connectivity index is 1.80. The van der Waals surface area contributed by atoms with Crippen LogP contribution in [0.5, 0.6) is 0 Å². The summed E-state index contributed by atoms with van der Waals surface area (Å²) in [7, 11) is 0. The van der Waals surface area contributed by atoms with Gasteiger partial charge in [0, 0.05) is 24.7 Å². The molecule has 1 aliphatic rings. The molecule has 88 valence electrons. The molecule has 2 atom stereocenters. The van der Waals surface area contributed by atoms with Gasteiger partial charge in [-0.1, -0.05) is 0 Å². The minimum atomic E-state index is -0.757. The van der Waals surface area contributed by atoms with E-state index < -0.39 is 12.2 Å². The van der Waals surface area contributed by atoms with E-state index in [1.807, 2.05) is 0 Å². The van der Waals surface area contributed by atoms with Crippen LogP contribution in [0.2, 0.25) is 0 Å². The van der Waals surface area contributed by atoms with Crippen molar-refractivity contribution in [3.63, 3.8) is 0 Å². The number of rotatable bonds is 3. The lowest BCUT2D eigenvalue weighted by molar-refractivity contribution is -0.117. The van der Waals surface area contributed by atoms with E-state index in [2.05, 4.69) is 10.3 Å². The normalized spacial score (nSPS) is 25.9. The number of carbonyl (C=O) groups is 1. The number of hydrogen-bond acceptors (Lipinski definition) is 6. The average Bonchev–Trinajstić information content (AvgIpc) is 2.78. The molecule has 0 bridgehead atoms. The van der Waals surface area contributed by atoms with Crippen molar-refractivity contribution in [3.8, 4) is 0 Å². The molecule has 2 heterocycles. The van der Waals surface area contributed by atoms with Crippen LogP contribution < -0.4 is 5.32 Å². The largest absolute Gasteiger partial charge is 0.389 e. The Labute approximate surface area is 96.5 Å². The highest BCUT2D eigenvalue weighted by atomic mass is 32.1. The lowest BCUT2D eigenvalue weighted by atomic mass is 10.3. The molecule has 1 aromatic heterocycles. The number of β-amino-alcohol motifs (C(OH)–C–C–N with tert-alkyl or cyclic N) is 2. The molecule has 3 N–H and O–H groups in total. The van der Waals surface area contributed by atoms with Gasteiger partial charge in [-0.15, -0.1) is 11.3 Å². The molecule has 0 aliphatic carbocycles. The van der Waals surface area contributed by atoms with Crippen molar-refractivity contribution in [2.75, 3.05) is 25.0 Å². The molecule has 16 heavy (non-hydrogen) atoms. The number of aliphatic hydroxyl groups excluding tert-OH is 2. The zero-order valence-electron chi connectivity index (χ0n) is 8.54. The first kappa shape index (κ1) is 11.5. The van der Waals surface area contributed by atoms with E-state index in [1.165, 1.54) is 11.3 Å². The fourth-order valence-corrected chi connectivity index (χ4v) is 2.17. The van der Waals surface area contributed by atoms with Crippen LogP contribution in [0.3, 0.4) is 0 Å². The van der Waals surface area contributed by atoms with E-state index in [-0.39, 0.29) is 12.5 Å². The number of nitrogens with zero attached hydrogens (tertiary/aromatic N) is 2. The Morgan fingerprint density at radius 2 is 2.25 bits per heavy atom. The summed E-state index contributed by atoms with van der Waals surface area (Å²) in [4.78, 5) is 17.2. The number of amides is 1. The number of carbonyl (C=O) groups excluding carboxylic acids is 1. The quantitative estimate of drug-likeness (QED) is 0.642. The SMILES string of the molecule is O=C(CN1CC(O)C(O)C1)Nc1nccs1. The molecule has 1 saturated heterocycles. The number of thiazole rings is 1. The third-order valence-corrected chi connectivity index (χ3v) is 3.07. The van der Waals surface area contributed by atoms with Gasteiger partial charge in [-0.05, 0) is 0 Å². The first-order valence-corrected chi connectivity index (χ1v) is 5.81. The maximum Gasteiger partial charge on any atom is 0.240 e. The molecule has 2 rings (SSSR count). The Bertz CT molecular complexity index is 347. The lowest BCUT2D eigenvalue weighted by Crippen LogP contribution is -2.32. The second kappa shape index (κ2) is 4.88. The topological polar surface area (TPSA) is 85.7 Å². The Morgan fingerprint density at radius 3 is 2.81 bits per heavy atom. The van der Waals surface area contributed by atoms with Crippen LogP contribution in [0.4, 0.5) is 5.13 Å². The summed E-state index contributed by atoms with van der Waals surface area (Å²) < 4.78 is 0. The van der Waals surface area contributed by atoms with Gasteiger partial charge in [0.25, 0.3) is 0 Å². The highest BCUT2D eigenvalue weighted by Gasteiger charge is 2.30. The summed E-state index contributed by atoms with van der Waals surface area (Å²) in [6.07, 6.45) is 0.101. The summed E-state index contributed by atoms with van der Waals surface area (Å²) >= 11 is 1.35. The molecule has 1 amide bonds. The van der Waals surface area contributed by atoms with Crippen molar-refractivity contribution in [3.05, 3.63) is 11.6 Å². The molecular weight excluding hydrogens is 230 g/mol. The second-order valence-corrected chi connectivity index (χ2v) is 4.61. The smallest absolute Gasteiger partial charge is 0.240 e. The number of nitrogens with one attached hydrogen (secondary N) is 1. The van der Waals surface area contributed by atoms with Gasteiger partial charge in [0.05, 0.1) is 18.8 Å². The van der Waals surface area contributed by atoms with Gasteiger partial charge in [-0.25, -0.2) is 4.98 Å². The summed E-state index contributed by atoms with van der Waals surface area (Å²) in [5.41, 5.74) is 0. The first-order valence-electron chi connectivity index (χ1n) is 4.93. The highest BCUT2D eigenvalue weighted by Crippen LogP contribution is 2.12. The van der Waals surface area contributed by atoms with Gasteiger partial charge >= 0.3 is 0 Å². The molecule has 0 radical (unpaired) electrons. The van der Waals surface area contributed by atoms with Crippen molar-refractivity contribution in [1.82, 2.24) is 9.88 Å². The number of anilines is 1. The molecule has 1 aliphatic heterocycles. The molecule has 6 nitrogen and oxygen atoms in total. The maximum atomic E-state index is 11.5. The van der Waals surface area contributed by atoms with E-state index in [0.717, 1.165) is 0 Å². The minimum absolute atomic E-state index is 0.160. The third-order valence-electron chi connectivity index (χ3n) is 2.38. The van der Waals surface area contributed by atoms with Crippen molar-refractivity contribution in [2.24, 2.45) is 0 Å². The number of likely N-dealkylation sites (tertiary alicyclic amines) is 1. The molecule has 7 heteroatoms. The van der Waals surface area contributed by atoms with E-state index in [0.29, 0.717) is 18.2 Å². The molecule has 0 aromatic carbocycles. The molecule has 2 unspecified atom stereocenters. The van der Waals surface area contributed by atoms with Gasteiger partial charge in [0.1, 0.15) is 0 Å². The molecule has 1 fully saturated rings. The summed E-state index contributed by atoms with van der Waals surface area (Å²) in [6, 6.07) is 0. The number of aliphatic hydroxyl groups is 2. The molecule has 0 saturated carbocycles. The first-order chi connectivity index (χ1) is 7.65. The average molecular weight is 243 g/mol. The van der Waals surface area contributed by atoms with Crippen LogP contribution in [-0.2, 0) is 4.79 Å². The van der Waals surface area contributed by atoms with Gasteiger partial charge in [-0.2, -0.15) is 0 Å². The van der Waals surface area contributed by atoms with E-state index in [1.54, 1.807) is 16.5 Å². The van der Waals surface area contributed by atoms with Crippen molar-refractivity contribution >= 4 is 22.4 Å². The molecule has 0 spiro atoms. The molecule has 1 aromatic rings. The van der Waals surface area contributed by atoms with E-state index >= 15 is 0 Å². The predicted octanol–water partition coefficient (Wildman–Crippen LogP) is -0.881. The van der Waals surface area contributed by atoms with Gasteiger partial charge in [0.2, 0.25) is 5.91 Å². The zero-order valence-corrected chi connectivity index (χ0v) is 9.35. The maximum absolute atomic E-state index is 11.5. The minimum Gasteiger partial charge on any atom is -0.389 e. The molecular formula is C9H13N3O3S. The van der Waals surface area contributed by atoms with Crippen LogP contribution in [-0.4, -0.2) is 57.8 Å². The Hall–Kier alpha value is -1.02. The number of aromatic nitrogens is 1. The van der Waals surface area contributed by atoms with Crippen molar-refractivity contribution in [1.29, 1.82) is 0 Å². The van der Waals surface area contributed by atoms with Crippen molar-refractivity contribution in [2.45, 2.75) is 12.2 Å². The summed E-state index contributed by atoms with van der Waals surface area (Å²) in [5, 5.41) is 23.6. The van der Waals surface area contributed by atoms with Crippen LogP contribution in [0.1, 0.15) is 0 Å². The predicted molar refractivity (Wildman–Crippen MR) is 59.2 cm³/mol. The van der Waals surface area contributed by atoms with E-state index in [4.69, 9.17) is 0 Å². The summed E-state index contributed by atoms with van der Waals surface area (Å²) in [5.74, 6) is -0.184. The summed E-state index contributed by atoms with van der Waals surface area (Å²) in [6.45, 7) is 0.812. The fraction of sp³-hybridized carbons (Fsp3) is 0.556. The van der Waals surface area contributed by atoms with Crippen molar-refractivity contribution < 1.29 is 15.0 Å². The Kier molecular flexibility index (Phi) is 3.49. The van der Waals surface area contributed by atoms with E-state index in [9.17, 15) is 15.0 Å². The van der Waals surface area contributed by atoms with Crippen LogP contribution in [0.15, 0.2) is 11.6 Å². The van der Waals surface area contributed by atoms with Crippen LogP contribution in [0.25, 0.3) is 0 Å². The van der Waals surface area contributed by atoms with Gasteiger partial charge in [0.15, 0.2) is 5.13 Å². The van der Waals surface area contributed by atoms with Crippen LogP contribution >= 0.6 is 11.3 Å². The van der Waals surface area contributed by atoms with Gasteiger partial charge in [-0.3, -0.25) is 9.69 Å². The lowest BCUT2D eigenvalue weighted by Gasteiger charge is -2.13. The number of hydrogen-bond donors (Lipinski definition) is 3. The standard InChI is InChI=1S/C9H13N3O3S/c13-6-3-12(4-7(6)14)5-8(15)11-9-10-1-2-16-9/h1-2,6-7,13-14H,3-5H2,(H,10,11,15). The van der Waals surface area contributed by atoms with Gasteiger partial charge < -0.3 is 15.5 Å². The Morgan fingerprint density at radius 1 is 1.56 bits per heavy atom. The monoisotopic (exact) mass is 243 g/mol. The fourth-order valence-electron chi connectivity index (χ4n) is 1.62. The highest BCUT2D eigenvalue weighted by molar-refractivity contribution is 7.13.